The molecule has 1 saturated heterocycles. The fourth-order valence-electron chi connectivity index (χ4n) is 2.32. The molecular weight excluding hydrogens is 378 g/mol. The number of benzene rings is 1. The maximum Gasteiger partial charge on any atom is 0.316 e. The van der Waals surface area contributed by atoms with Crippen molar-refractivity contribution in [2.45, 2.75) is 11.8 Å². The van der Waals surface area contributed by atoms with E-state index in [9.17, 15) is 18.5 Å². The first-order valence-corrected chi connectivity index (χ1v) is 8.76. The summed E-state index contributed by atoms with van der Waals surface area (Å²) in [5.74, 6) is -0.232. The lowest BCUT2D eigenvalue weighted by Crippen LogP contribution is -2.46. The van der Waals surface area contributed by atoms with E-state index in [1.807, 2.05) is 0 Å². The molecule has 1 fully saturated rings. The zero-order valence-electron chi connectivity index (χ0n) is 12.1. The molecule has 2 rings (SSSR count). The molecule has 1 aliphatic heterocycles. The van der Waals surface area contributed by atoms with E-state index in [0.29, 0.717) is 36.2 Å². The molecule has 0 amide bonds. The van der Waals surface area contributed by atoms with Crippen LogP contribution in [0.2, 0.25) is 0 Å². The van der Waals surface area contributed by atoms with Gasteiger partial charge in [0.25, 0.3) is 0 Å². The lowest BCUT2D eigenvalue weighted by atomic mass is 10.2. The van der Waals surface area contributed by atoms with Gasteiger partial charge in [-0.15, -0.1) is 0 Å². The number of hydrogen-bond donors (Lipinski definition) is 1. The number of methoxy groups -OCH3 is 1. The van der Waals surface area contributed by atoms with E-state index in [2.05, 4.69) is 21.2 Å². The quantitative estimate of drug-likeness (QED) is 0.610. The Bertz CT molecular complexity index is 701. The SMILES string of the molecule is COc1c(S(=O)(=O)N2CCNCC2)cc(Br)c(C)c1[N+](=O)[O-]. The first-order valence-electron chi connectivity index (χ1n) is 6.53. The number of rotatable bonds is 4. The number of ether oxygens (including phenoxy) is 1. The second-order valence-electron chi connectivity index (χ2n) is 4.77. The molecule has 1 heterocycles. The van der Waals surface area contributed by atoms with Crippen molar-refractivity contribution in [3.8, 4) is 5.75 Å². The number of nitro benzene ring substituents is 1. The number of halogens is 1. The number of nitrogens with one attached hydrogen (secondary N) is 1. The van der Waals surface area contributed by atoms with Gasteiger partial charge in [0, 0.05) is 36.2 Å². The van der Waals surface area contributed by atoms with E-state index in [0.717, 1.165) is 0 Å². The number of sulfonamides is 1. The van der Waals surface area contributed by atoms with Gasteiger partial charge in [-0.1, -0.05) is 15.9 Å². The molecule has 1 N–H and O–H groups in total. The summed E-state index contributed by atoms with van der Waals surface area (Å²) in [5, 5.41) is 14.4. The second kappa shape index (κ2) is 6.49. The summed E-state index contributed by atoms with van der Waals surface area (Å²) < 4.78 is 32.3. The summed E-state index contributed by atoms with van der Waals surface area (Å²) in [6, 6.07) is 1.36. The van der Waals surface area contributed by atoms with E-state index in [1.54, 1.807) is 0 Å². The lowest BCUT2D eigenvalue weighted by molar-refractivity contribution is -0.386. The molecule has 0 bridgehead atoms. The lowest BCUT2D eigenvalue weighted by Gasteiger charge is -2.27. The molecule has 22 heavy (non-hydrogen) atoms. The summed E-state index contributed by atoms with van der Waals surface area (Å²) >= 11 is 3.19. The van der Waals surface area contributed by atoms with Crippen molar-refractivity contribution in [3.05, 3.63) is 26.2 Å². The molecular formula is C12H16BrN3O5S. The monoisotopic (exact) mass is 393 g/mol. The minimum Gasteiger partial charge on any atom is -0.489 e. The third kappa shape index (κ3) is 2.96. The Labute approximate surface area is 136 Å². The highest BCUT2D eigenvalue weighted by Crippen LogP contribution is 2.41. The molecule has 0 aromatic heterocycles. The Balaban J connectivity index is 2.66. The first-order chi connectivity index (χ1) is 10.3. The summed E-state index contributed by atoms with van der Waals surface area (Å²) in [6.07, 6.45) is 0. The molecule has 1 aliphatic rings. The Morgan fingerprint density at radius 3 is 2.50 bits per heavy atom. The van der Waals surface area contributed by atoms with Gasteiger partial charge < -0.3 is 10.1 Å². The van der Waals surface area contributed by atoms with Crippen molar-refractivity contribution in [1.82, 2.24) is 9.62 Å². The standard InChI is InChI=1S/C12H16BrN3O5S/c1-8-9(13)7-10(12(21-2)11(8)16(17)18)22(19,20)15-5-3-14-4-6-15/h7,14H,3-6H2,1-2H3. The maximum absolute atomic E-state index is 12.8. The molecule has 0 radical (unpaired) electrons. The van der Waals surface area contributed by atoms with Crippen LogP contribution in [0.4, 0.5) is 5.69 Å². The molecule has 122 valence electrons. The minimum absolute atomic E-state index is 0.193. The minimum atomic E-state index is -3.87. The Morgan fingerprint density at radius 1 is 1.41 bits per heavy atom. The van der Waals surface area contributed by atoms with E-state index >= 15 is 0 Å². The van der Waals surface area contributed by atoms with E-state index in [4.69, 9.17) is 4.74 Å². The summed E-state index contributed by atoms with van der Waals surface area (Å²) in [4.78, 5) is 10.5. The van der Waals surface area contributed by atoms with Crippen LogP contribution in [-0.4, -0.2) is 50.9 Å². The van der Waals surface area contributed by atoms with Gasteiger partial charge in [-0.3, -0.25) is 10.1 Å². The zero-order valence-corrected chi connectivity index (χ0v) is 14.5. The smallest absolute Gasteiger partial charge is 0.316 e. The van der Waals surface area contributed by atoms with Crippen LogP contribution in [0.15, 0.2) is 15.4 Å². The van der Waals surface area contributed by atoms with Crippen LogP contribution in [0.3, 0.4) is 0 Å². The van der Waals surface area contributed by atoms with Crippen molar-refractivity contribution < 1.29 is 18.1 Å². The summed E-state index contributed by atoms with van der Waals surface area (Å²) in [7, 11) is -2.64. The van der Waals surface area contributed by atoms with Crippen LogP contribution in [0.25, 0.3) is 0 Å². The van der Waals surface area contributed by atoms with Crippen LogP contribution in [0.5, 0.6) is 5.75 Å². The van der Waals surface area contributed by atoms with Crippen molar-refractivity contribution in [1.29, 1.82) is 0 Å². The molecule has 1 aromatic rings. The molecule has 1 aromatic carbocycles. The van der Waals surface area contributed by atoms with E-state index < -0.39 is 14.9 Å². The third-order valence-corrected chi connectivity index (χ3v) is 6.22. The topological polar surface area (TPSA) is 102 Å². The van der Waals surface area contributed by atoms with Crippen LogP contribution >= 0.6 is 15.9 Å². The van der Waals surface area contributed by atoms with Crippen LogP contribution in [-0.2, 0) is 10.0 Å². The summed E-state index contributed by atoms with van der Waals surface area (Å²) in [5.41, 5.74) is -0.0216. The van der Waals surface area contributed by atoms with Gasteiger partial charge >= 0.3 is 5.69 Å². The van der Waals surface area contributed by atoms with E-state index in [1.165, 1.54) is 24.4 Å². The molecule has 8 nitrogen and oxygen atoms in total. The number of piperazine rings is 1. The zero-order chi connectivity index (χ0) is 16.5. The average Bonchev–Trinajstić information content (AvgIpc) is 2.49. The largest absolute Gasteiger partial charge is 0.489 e. The maximum atomic E-state index is 12.8. The van der Waals surface area contributed by atoms with Gasteiger partial charge in [-0.25, -0.2) is 8.42 Å². The van der Waals surface area contributed by atoms with E-state index in [-0.39, 0.29) is 16.3 Å². The van der Waals surface area contributed by atoms with Crippen LogP contribution in [0.1, 0.15) is 5.56 Å². The molecule has 0 aliphatic carbocycles. The number of hydrogen-bond acceptors (Lipinski definition) is 6. The Morgan fingerprint density at radius 2 is 2.00 bits per heavy atom. The van der Waals surface area contributed by atoms with Gasteiger partial charge in [-0.05, 0) is 13.0 Å². The van der Waals surface area contributed by atoms with Crippen LogP contribution in [0, 0.1) is 17.0 Å². The molecule has 10 heteroatoms. The van der Waals surface area contributed by atoms with Gasteiger partial charge in [0.05, 0.1) is 12.0 Å². The summed E-state index contributed by atoms with van der Waals surface area (Å²) in [6.45, 7) is 3.23. The van der Waals surface area contributed by atoms with Crippen molar-refractivity contribution in [2.75, 3.05) is 33.3 Å². The Kier molecular flexibility index (Phi) is 5.05. The normalized spacial score (nSPS) is 16.5. The predicted octanol–water partition coefficient (Wildman–Crippen LogP) is 1.27. The fraction of sp³-hybridized carbons (Fsp3) is 0.500. The van der Waals surface area contributed by atoms with Crippen molar-refractivity contribution in [3.63, 3.8) is 0 Å². The van der Waals surface area contributed by atoms with Crippen LogP contribution < -0.4 is 10.1 Å². The van der Waals surface area contributed by atoms with Gasteiger partial charge in [0.2, 0.25) is 15.8 Å². The number of nitro groups is 1. The predicted molar refractivity (Wildman–Crippen MR) is 83.7 cm³/mol. The molecule has 0 unspecified atom stereocenters. The Hall–Kier alpha value is -1.23. The average molecular weight is 394 g/mol. The fourth-order valence-corrected chi connectivity index (χ4v) is 4.51. The third-order valence-electron chi connectivity index (χ3n) is 3.49. The second-order valence-corrected chi connectivity index (χ2v) is 7.54. The highest BCUT2D eigenvalue weighted by atomic mass is 79.9. The molecule has 0 saturated carbocycles. The van der Waals surface area contributed by atoms with Gasteiger partial charge in [0.15, 0.2) is 0 Å². The highest BCUT2D eigenvalue weighted by Gasteiger charge is 2.35. The first kappa shape index (κ1) is 17.1. The molecule has 0 spiro atoms. The highest BCUT2D eigenvalue weighted by molar-refractivity contribution is 9.10. The van der Waals surface area contributed by atoms with Crippen molar-refractivity contribution >= 4 is 31.6 Å². The molecule has 0 atom stereocenters. The van der Waals surface area contributed by atoms with Gasteiger partial charge in [-0.2, -0.15) is 4.31 Å². The van der Waals surface area contributed by atoms with Crippen molar-refractivity contribution in [2.24, 2.45) is 0 Å². The van der Waals surface area contributed by atoms with Gasteiger partial charge in [0.1, 0.15) is 4.90 Å². The number of nitrogens with zero attached hydrogens (tertiary/aromatic N) is 2.